The Balaban J connectivity index is 0.000000150. The fourth-order valence-corrected chi connectivity index (χ4v) is 12.7. The van der Waals surface area contributed by atoms with Gasteiger partial charge in [-0.3, -0.25) is 0 Å². The maximum absolute atomic E-state index is 4.68. The molecule has 0 spiro atoms. The molecule has 0 amide bonds. The summed E-state index contributed by atoms with van der Waals surface area (Å²) in [7, 11) is 0. The van der Waals surface area contributed by atoms with E-state index in [1.54, 1.807) is 12.4 Å². The molecular weight excluding hydrogens is 1680 g/mol. The van der Waals surface area contributed by atoms with Crippen molar-refractivity contribution in [3.8, 4) is 33.4 Å². The molecule has 2 aromatic heterocycles. The predicted octanol–water partition coefficient (Wildman–Crippen LogP) is 20.6. The van der Waals surface area contributed by atoms with Crippen LogP contribution in [0.4, 0.5) is 68.6 Å². The van der Waals surface area contributed by atoms with Gasteiger partial charge in [-0.1, -0.05) is 121 Å². The van der Waals surface area contributed by atoms with Crippen LogP contribution in [0.1, 0.15) is 50.1 Å². The average molecular weight is 1750 g/mol. The summed E-state index contributed by atoms with van der Waals surface area (Å²) in [5.41, 5.74) is 28.5. The first-order chi connectivity index (χ1) is 43.9. The van der Waals surface area contributed by atoms with Crippen LogP contribution in [0.15, 0.2) is 237 Å². The molecule has 0 N–H and O–H groups in total. The van der Waals surface area contributed by atoms with Gasteiger partial charge in [0, 0.05) is 107 Å². The van der Waals surface area contributed by atoms with Crippen molar-refractivity contribution in [1.29, 1.82) is 0 Å². The van der Waals surface area contributed by atoms with E-state index >= 15 is 0 Å². The van der Waals surface area contributed by atoms with Gasteiger partial charge < -0.3 is 29.4 Å². The number of rotatable bonds is 9. The second-order valence-electron chi connectivity index (χ2n) is 23.2. The van der Waals surface area contributed by atoms with Crippen molar-refractivity contribution in [2.24, 2.45) is 0 Å². The Labute approximate surface area is 589 Å². The van der Waals surface area contributed by atoms with Crippen molar-refractivity contribution >= 4 is 68.6 Å². The molecule has 5 heterocycles. The average Bonchev–Trinajstić information content (AvgIpc) is 1.68. The summed E-state index contributed by atoms with van der Waals surface area (Å²) in [6.07, 6.45) is 5.31. The van der Waals surface area contributed by atoms with Gasteiger partial charge in [0.15, 0.2) is 0 Å². The molecule has 0 saturated carbocycles. The molecule has 3 radical (unpaired) electrons. The molecule has 93 heavy (non-hydrogen) atoms. The molecule has 9 nitrogen and oxygen atoms in total. The molecule has 15 rings (SSSR count). The fourth-order valence-electron chi connectivity index (χ4n) is 12.7. The smallest absolute Gasteiger partial charge is 0.145 e. The standard InChI is InChI=1S/C28H24N2.C27H23N3.C26H22N4.3Ir/c1-20-10-4-5-15-25(20)30-19-29(26-16-6-7-17-27(26)30)24-14-9-13-23(18-24)28-21(2)11-8-12-22(28)3;1-19-9-4-5-14-24(19)30-18-29(25-15-8-16-28-27(25)30)23-13-7-12-22(17-23)26-20(2)10-6-11-21(26)3;1-18-8-4-5-13-23(18)30-17-29(25-26(30)28-15-14-27-25)22-12-7-11-21(16-22)24-19(2)9-6-10-20(24)3;;;/h4-13,15-19H,1-3H3;4-12,14-18H,1-3H3;4-11,13-17H,1-3H3;;;/q3*-2;;;. The quantitative estimate of drug-likeness (QED) is 0.132. The Morgan fingerprint density at radius 1 is 0.258 bits per heavy atom. The number of pyridine rings is 1. The minimum Gasteiger partial charge on any atom is -0.493 e. The van der Waals surface area contributed by atoms with E-state index in [2.05, 4.69) is 320 Å². The van der Waals surface area contributed by atoms with Crippen molar-refractivity contribution in [3.63, 3.8) is 0 Å². The number of hydrogen-bond donors (Lipinski definition) is 0. The molecule has 0 aliphatic carbocycles. The summed E-state index contributed by atoms with van der Waals surface area (Å²) in [5, 5.41) is 0. The minimum atomic E-state index is 0. The first-order valence-electron chi connectivity index (χ1n) is 30.5. The maximum Gasteiger partial charge on any atom is 0.145 e. The van der Waals surface area contributed by atoms with Gasteiger partial charge in [-0.05, 0) is 172 Å². The molecule has 0 fully saturated rings. The fraction of sp³-hybridized carbons (Fsp3) is 0.111. The van der Waals surface area contributed by atoms with Crippen LogP contribution in [0.5, 0.6) is 0 Å². The van der Waals surface area contributed by atoms with Crippen molar-refractivity contribution in [2.75, 3.05) is 29.4 Å². The predicted molar refractivity (Wildman–Crippen MR) is 373 cm³/mol. The van der Waals surface area contributed by atoms with Gasteiger partial charge in [-0.2, -0.15) is 54.6 Å². The zero-order chi connectivity index (χ0) is 62.0. The van der Waals surface area contributed by atoms with E-state index in [4.69, 9.17) is 0 Å². The molecule has 3 aliphatic rings. The van der Waals surface area contributed by atoms with Gasteiger partial charge in [0.1, 0.15) is 17.5 Å². The number of anilines is 12. The molecule has 0 atom stereocenters. The van der Waals surface area contributed by atoms with Gasteiger partial charge in [0.2, 0.25) is 0 Å². The van der Waals surface area contributed by atoms with Gasteiger partial charge in [0.05, 0.1) is 5.69 Å². The van der Waals surface area contributed by atoms with Crippen LogP contribution in [0.25, 0.3) is 33.4 Å². The first-order valence-corrected chi connectivity index (χ1v) is 30.5. The topological polar surface area (TPSA) is 58.1 Å². The zero-order valence-electron chi connectivity index (χ0n) is 53.3. The van der Waals surface area contributed by atoms with Crippen molar-refractivity contribution < 1.29 is 60.3 Å². The summed E-state index contributed by atoms with van der Waals surface area (Å²) in [6.45, 7) is 25.7. The second-order valence-corrected chi connectivity index (χ2v) is 23.2. The van der Waals surface area contributed by atoms with Crippen LogP contribution in [-0.4, -0.2) is 15.0 Å². The molecule has 471 valence electrons. The number of benzene rings is 10. The van der Waals surface area contributed by atoms with Gasteiger partial charge in [-0.25, -0.2) is 15.0 Å². The Hall–Kier alpha value is -8.82. The van der Waals surface area contributed by atoms with Crippen LogP contribution >= 0.6 is 0 Å². The third-order valence-corrected chi connectivity index (χ3v) is 17.0. The Morgan fingerprint density at radius 3 is 0.968 bits per heavy atom. The summed E-state index contributed by atoms with van der Waals surface area (Å²) in [4.78, 5) is 26.9. The van der Waals surface area contributed by atoms with Gasteiger partial charge in [0.25, 0.3) is 0 Å². The van der Waals surface area contributed by atoms with Crippen LogP contribution in [0.2, 0.25) is 0 Å². The van der Waals surface area contributed by atoms with Crippen molar-refractivity contribution in [1.82, 2.24) is 15.0 Å². The van der Waals surface area contributed by atoms with E-state index in [0.717, 1.165) is 57.3 Å². The summed E-state index contributed by atoms with van der Waals surface area (Å²) in [5.74, 6) is 2.55. The van der Waals surface area contributed by atoms with E-state index < -0.39 is 0 Å². The van der Waals surface area contributed by atoms with Gasteiger partial charge in [-0.15, -0.1) is 72.0 Å². The molecule has 0 bridgehead atoms. The molecule has 12 aromatic rings. The largest absolute Gasteiger partial charge is 0.493 e. The van der Waals surface area contributed by atoms with E-state index in [0.29, 0.717) is 0 Å². The van der Waals surface area contributed by atoms with Crippen molar-refractivity contribution in [3.05, 3.63) is 325 Å². The Kier molecular flexibility index (Phi) is 21.2. The summed E-state index contributed by atoms with van der Waals surface area (Å²) >= 11 is 0. The SMILES string of the molecule is Cc1ccccc1N1[CH-]N(c2[c-]ccc(-c3c(C)cccc3C)c2)c2ccccc21.Cc1ccccc1N1[CH-]N(c2[c-]ccc(-c3c(C)cccc3C)c2)c2cccnc21.Cc1ccccc1N1[CH-]N(c2[c-]ccc(-c3c(C)cccc3C)c2)c2nccnc21.[Ir].[Ir].[Ir]. The molecular formula is C81H69Ir3N9-6. The van der Waals surface area contributed by atoms with E-state index in [9.17, 15) is 0 Å². The molecule has 0 unspecified atom stereocenters. The van der Waals surface area contributed by atoms with Crippen LogP contribution < -0.4 is 29.4 Å². The Morgan fingerprint density at radius 2 is 0.548 bits per heavy atom. The number of para-hydroxylation sites is 5. The van der Waals surface area contributed by atoms with Crippen LogP contribution in [0, 0.1) is 101 Å². The number of hydrogen-bond acceptors (Lipinski definition) is 9. The Bertz CT molecular complexity index is 4100. The molecule has 10 aromatic carbocycles. The molecule has 3 aliphatic heterocycles. The van der Waals surface area contributed by atoms with E-state index in [-0.39, 0.29) is 60.3 Å². The van der Waals surface area contributed by atoms with Crippen molar-refractivity contribution in [2.45, 2.75) is 62.3 Å². The number of aromatic nitrogens is 3. The molecule has 12 heteroatoms. The number of aryl methyl sites for hydroxylation is 9. The zero-order valence-corrected chi connectivity index (χ0v) is 60.5. The van der Waals surface area contributed by atoms with Gasteiger partial charge >= 0.3 is 0 Å². The maximum atomic E-state index is 4.68. The van der Waals surface area contributed by atoms with E-state index in [1.807, 2.05) is 49.3 Å². The number of nitrogens with zero attached hydrogens (tertiary/aromatic N) is 9. The third kappa shape index (κ3) is 13.5. The van der Waals surface area contributed by atoms with Crippen LogP contribution in [-0.2, 0) is 60.3 Å². The third-order valence-electron chi connectivity index (χ3n) is 17.0. The second kappa shape index (κ2) is 29.4. The number of fused-ring (bicyclic) bond motifs is 3. The molecule has 0 saturated heterocycles. The normalized spacial score (nSPS) is 12.5. The monoisotopic (exact) mass is 1750 g/mol. The summed E-state index contributed by atoms with van der Waals surface area (Å²) in [6, 6.07) is 86.5. The minimum absolute atomic E-state index is 0. The van der Waals surface area contributed by atoms with E-state index in [1.165, 1.54) is 94.8 Å². The summed E-state index contributed by atoms with van der Waals surface area (Å²) < 4.78 is 0. The van der Waals surface area contributed by atoms with Crippen LogP contribution in [0.3, 0.4) is 0 Å². The first kappa shape index (κ1) is 67.1.